The highest BCUT2D eigenvalue weighted by Gasteiger charge is 2.15. The van der Waals surface area contributed by atoms with E-state index in [1.807, 2.05) is 65.6 Å². The molecule has 0 unspecified atom stereocenters. The van der Waals surface area contributed by atoms with Gasteiger partial charge in [-0.1, -0.05) is 55.7 Å². The van der Waals surface area contributed by atoms with E-state index in [-0.39, 0.29) is 11.7 Å². The number of nitrogens with zero attached hydrogens (tertiary/aromatic N) is 3. The van der Waals surface area contributed by atoms with E-state index >= 15 is 0 Å². The van der Waals surface area contributed by atoms with Crippen molar-refractivity contribution in [1.82, 2.24) is 15.4 Å². The molecule has 1 heterocycles. The predicted molar refractivity (Wildman–Crippen MR) is 123 cm³/mol. The largest absolute Gasteiger partial charge is 0.294 e. The van der Waals surface area contributed by atoms with Crippen molar-refractivity contribution < 1.29 is 14.8 Å². The lowest BCUT2D eigenvalue weighted by Crippen LogP contribution is -2.17. The van der Waals surface area contributed by atoms with Crippen molar-refractivity contribution >= 4 is 29.0 Å². The number of hydroxylamine groups is 1. The number of nitrogens with one attached hydrogen (secondary N) is 1. The highest BCUT2D eigenvalue weighted by atomic mass is 16.5. The Morgan fingerprint density at radius 1 is 0.750 bits per heavy atom. The van der Waals surface area contributed by atoms with Gasteiger partial charge in [0.1, 0.15) is 0 Å². The number of Topliss-reactive ketones (excluding diaryl/α,β-unsaturated/α-hetero) is 1. The summed E-state index contributed by atoms with van der Waals surface area (Å²) >= 11 is 0. The van der Waals surface area contributed by atoms with Crippen molar-refractivity contribution in [1.29, 1.82) is 0 Å². The van der Waals surface area contributed by atoms with Gasteiger partial charge in [0, 0.05) is 36.6 Å². The maximum absolute atomic E-state index is 12.5. The molecule has 1 aromatic heterocycles. The topological polar surface area (TPSA) is 95.4 Å². The first-order valence-corrected chi connectivity index (χ1v) is 10.9. The lowest BCUT2D eigenvalue weighted by atomic mass is 10.1. The first-order valence-electron chi connectivity index (χ1n) is 10.9. The Labute approximate surface area is 188 Å². The maximum atomic E-state index is 12.5. The van der Waals surface area contributed by atoms with Gasteiger partial charge in [0.25, 0.3) is 0 Å². The molecule has 32 heavy (non-hydrogen) atoms. The van der Waals surface area contributed by atoms with Gasteiger partial charge < -0.3 is 0 Å². The lowest BCUT2D eigenvalue weighted by molar-refractivity contribution is -0.129. The van der Waals surface area contributed by atoms with E-state index in [4.69, 9.17) is 5.21 Å². The molecule has 0 saturated carbocycles. The number of ketones is 1. The number of aromatic nitrogens is 2. The van der Waals surface area contributed by atoms with Gasteiger partial charge in [-0.2, -0.15) is 0 Å². The van der Waals surface area contributed by atoms with Gasteiger partial charge in [0.2, 0.25) is 11.9 Å². The zero-order chi connectivity index (χ0) is 22.6. The monoisotopic (exact) mass is 432 g/mol. The number of hydrogen-bond donors (Lipinski definition) is 2. The minimum Gasteiger partial charge on any atom is -0.294 e. The van der Waals surface area contributed by atoms with E-state index in [0.717, 1.165) is 43.5 Å². The average Bonchev–Trinajstić information content (AvgIpc) is 2.85. The van der Waals surface area contributed by atoms with Crippen molar-refractivity contribution in [3.05, 3.63) is 78.6 Å². The summed E-state index contributed by atoms with van der Waals surface area (Å²) in [7, 11) is 0. The van der Waals surface area contributed by atoms with Crippen molar-refractivity contribution in [3.8, 4) is 0 Å². The molecule has 7 nitrogen and oxygen atoms in total. The van der Waals surface area contributed by atoms with Crippen molar-refractivity contribution in [2.75, 3.05) is 4.90 Å². The van der Waals surface area contributed by atoms with Gasteiger partial charge in [-0.05, 0) is 37.1 Å². The first kappa shape index (κ1) is 23.1. The summed E-state index contributed by atoms with van der Waals surface area (Å²) in [5.41, 5.74) is 4.02. The number of unbranched alkanes of at least 4 members (excludes halogenated alkanes) is 4. The Bertz CT molecular complexity index is 940. The van der Waals surface area contributed by atoms with E-state index in [0.29, 0.717) is 24.4 Å². The molecule has 166 valence electrons. The minimum atomic E-state index is -0.360. The second-order valence-electron chi connectivity index (χ2n) is 7.50. The van der Waals surface area contributed by atoms with Crippen LogP contribution in [0.2, 0.25) is 0 Å². The third kappa shape index (κ3) is 6.72. The molecule has 0 aliphatic heterocycles. The summed E-state index contributed by atoms with van der Waals surface area (Å²) < 4.78 is 0. The number of anilines is 3. The zero-order valence-corrected chi connectivity index (χ0v) is 18.0. The second-order valence-corrected chi connectivity index (χ2v) is 7.50. The first-order chi connectivity index (χ1) is 15.7. The molecule has 0 radical (unpaired) electrons. The SMILES string of the molecule is O=C(CCCCCCCC(=O)c1cnc(N(c2ccccc2)c2ccccc2)nc1)NO. The molecular weight excluding hydrogens is 404 g/mol. The fourth-order valence-electron chi connectivity index (χ4n) is 3.42. The van der Waals surface area contributed by atoms with Crippen LogP contribution in [0.25, 0.3) is 0 Å². The zero-order valence-electron chi connectivity index (χ0n) is 18.0. The molecule has 0 aliphatic rings. The molecular formula is C25H28N4O3. The van der Waals surface area contributed by atoms with Crippen LogP contribution in [0, 0.1) is 0 Å². The van der Waals surface area contributed by atoms with E-state index in [1.54, 1.807) is 17.9 Å². The Balaban J connectivity index is 1.56. The molecule has 2 aromatic carbocycles. The second kappa shape index (κ2) is 12.3. The molecule has 3 aromatic rings. The van der Waals surface area contributed by atoms with Crippen LogP contribution in [-0.2, 0) is 4.79 Å². The number of carbonyl (C=O) groups excluding carboxylic acids is 2. The Morgan fingerprint density at radius 3 is 1.78 bits per heavy atom. The van der Waals surface area contributed by atoms with Crippen LogP contribution in [0.5, 0.6) is 0 Å². The summed E-state index contributed by atoms with van der Waals surface area (Å²) in [5.74, 6) is 0.176. The Morgan fingerprint density at radius 2 is 1.25 bits per heavy atom. The molecule has 2 N–H and O–H groups in total. The molecule has 0 spiro atoms. The highest BCUT2D eigenvalue weighted by molar-refractivity contribution is 5.95. The number of rotatable bonds is 12. The molecule has 0 fully saturated rings. The van der Waals surface area contributed by atoms with Crippen LogP contribution in [0.15, 0.2) is 73.1 Å². The van der Waals surface area contributed by atoms with E-state index in [9.17, 15) is 9.59 Å². The van der Waals surface area contributed by atoms with Crippen LogP contribution in [0.1, 0.15) is 55.3 Å². The average molecular weight is 433 g/mol. The summed E-state index contributed by atoms with van der Waals surface area (Å²) in [4.78, 5) is 34.4. The molecule has 3 rings (SSSR count). The lowest BCUT2D eigenvalue weighted by Gasteiger charge is -2.22. The maximum Gasteiger partial charge on any atom is 0.243 e. The number of amides is 1. The van der Waals surface area contributed by atoms with Crippen molar-refractivity contribution in [3.63, 3.8) is 0 Å². The predicted octanol–water partition coefficient (Wildman–Crippen LogP) is 5.37. The van der Waals surface area contributed by atoms with Gasteiger partial charge in [-0.25, -0.2) is 15.4 Å². The normalized spacial score (nSPS) is 10.5. The fraction of sp³-hybridized carbons (Fsp3) is 0.280. The Hall–Kier alpha value is -3.58. The molecule has 7 heteroatoms. The third-order valence-electron chi connectivity index (χ3n) is 5.12. The summed E-state index contributed by atoms with van der Waals surface area (Å²) in [6, 6.07) is 19.7. The summed E-state index contributed by atoms with van der Waals surface area (Å²) in [5, 5.41) is 8.46. The van der Waals surface area contributed by atoms with Gasteiger partial charge in [0.05, 0.1) is 5.56 Å². The van der Waals surface area contributed by atoms with Crippen LogP contribution < -0.4 is 10.4 Å². The fourth-order valence-corrected chi connectivity index (χ4v) is 3.42. The van der Waals surface area contributed by atoms with E-state index in [2.05, 4.69) is 9.97 Å². The minimum absolute atomic E-state index is 0.0298. The number of para-hydroxylation sites is 2. The van der Waals surface area contributed by atoms with Gasteiger partial charge in [-0.15, -0.1) is 0 Å². The Kier molecular flexibility index (Phi) is 8.89. The smallest absolute Gasteiger partial charge is 0.243 e. The quantitative estimate of drug-likeness (QED) is 0.173. The van der Waals surface area contributed by atoms with Gasteiger partial charge >= 0.3 is 0 Å². The molecule has 0 aliphatic carbocycles. The third-order valence-corrected chi connectivity index (χ3v) is 5.12. The number of hydrogen-bond acceptors (Lipinski definition) is 6. The highest BCUT2D eigenvalue weighted by Crippen LogP contribution is 2.31. The summed E-state index contributed by atoms with van der Waals surface area (Å²) in [6.45, 7) is 0. The molecule has 0 saturated heterocycles. The van der Waals surface area contributed by atoms with E-state index in [1.165, 1.54) is 0 Å². The van der Waals surface area contributed by atoms with Crippen molar-refractivity contribution in [2.24, 2.45) is 0 Å². The van der Waals surface area contributed by atoms with Gasteiger partial charge in [-0.3, -0.25) is 19.7 Å². The molecule has 0 atom stereocenters. The molecule has 0 bridgehead atoms. The molecule has 1 amide bonds. The van der Waals surface area contributed by atoms with Crippen LogP contribution in [0.3, 0.4) is 0 Å². The van der Waals surface area contributed by atoms with Crippen LogP contribution >= 0.6 is 0 Å². The number of carbonyl (C=O) groups is 2. The standard InChI is InChI=1S/C25H28N4O3/c30-23(16-10-2-1-3-11-17-24(31)28-32)20-18-26-25(27-19-20)29(21-12-6-4-7-13-21)22-14-8-5-9-15-22/h4-9,12-15,18-19,32H,1-3,10-11,16-17H2,(H,28,31). The number of benzene rings is 2. The van der Waals surface area contributed by atoms with Crippen molar-refractivity contribution in [2.45, 2.75) is 44.9 Å². The van der Waals surface area contributed by atoms with Crippen LogP contribution in [-0.4, -0.2) is 26.9 Å². The summed E-state index contributed by atoms with van der Waals surface area (Å²) in [6.07, 6.45) is 8.24. The van der Waals surface area contributed by atoms with E-state index < -0.39 is 0 Å². The van der Waals surface area contributed by atoms with Gasteiger partial charge in [0.15, 0.2) is 5.78 Å². The van der Waals surface area contributed by atoms with Crippen LogP contribution in [0.4, 0.5) is 17.3 Å².